The number of hydrogen-bond donors (Lipinski definition) is 2. The van der Waals surface area contributed by atoms with E-state index >= 15 is 0 Å². The SMILES string of the molecule is COC(=O)c1c(S(=O)(=O)NCCc2ccccc2)sc2c1CCN(Cc1ccccc1O)C2. The minimum Gasteiger partial charge on any atom is -0.508 e. The summed E-state index contributed by atoms with van der Waals surface area (Å²) in [5.41, 5.74) is 2.72. The summed E-state index contributed by atoms with van der Waals surface area (Å²) < 4.78 is 33.9. The Morgan fingerprint density at radius 3 is 2.61 bits per heavy atom. The summed E-state index contributed by atoms with van der Waals surface area (Å²) in [4.78, 5) is 15.5. The van der Waals surface area contributed by atoms with Crippen LogP contribution in [-0.2, 0) is 40.7 Å². The minimum atomic E-state index is -3.88. The van der Waals surface area contributed by atoms with Crippen molar-refractivity contribution in [3.05, 3.63) is 81.7 Å². The average molecular weight is 487 g/mol. The van der Waals surface area contributed by atoms with E-state index in [1.54, 1.807) is 12.1 Å². The number of esters is 1. The van der Waals surface area contributed by atoms with Gasteiger partial charge in [-0.2, -0.15) is 0 Å². The Bertz CT molecular complexity index is 1240. The Morgan fingerprint density at radius 1 is 1.15 bits per heavy atom. The van der Waals surface area contributed by atoms with Crippen LogP contribution >= 0.6 is 11.3 Å². The molecule has 0 aliphatic carbocycles. The number of phenolic OH excluding ortho intramolecular Hbond substituents is 1. The van der Waals surface area contributed by atoms with E-state index in [-0.39, 0.29) is 22.1 Å². The number of sulfonamides is 1. The topological polar surface area (TPSA) is 95.9 Å². The normalized spacial score (nSPS) is 14.1. The van der Waals surface area contributed by atoms with Crippen LogP contribution in [0, 0.1) is 0 Å². The van der Waals surface area contributed by atoms with Crippen LogP contribution in [0.4, 0.5) is 0 Å². The van der Waals surface area contributed by atoms with Crippen molar-refractivity contribution in [2.45, 2.75) is 30.1 Å². The molecule has 1 aliphatic heterocycles. The number of thiophene rings is 1. The third-order valence-corrected chi connectivity index (χ3v) is 8.87. The molecule has 0 atom stereocenters. The van der Waals surface area contributed by atoms with Crippen LogP contribution in [0.1, 0.15) is 31.9 Å². The number of para-hydroxylation sites is 1. The van der Waals surface area contributed by atoms with Crippen LogP contribution in [-0.4, -0.2) is 44.6 Å². The summed E-state index contributed by atoms with van der Waals surface area (Å²) in [6.45, 7) is 1.91. The highest BCUT2D eigenvalue weighted by Gasteiger charge is 2.34. The van der Waals surface area contributed by atoms with Gasteiger partial charge < -0.3 is 9.84 Å². The molecule has 0 saturated carbocycles. The molecule has 0 amide bonds. The predicted octanol–water partition coefficient (Wildman–Crippen LogP) is 3.32. The molecule has 0 radical (unpaired) electrons. The molecule has 174 valence electrons. The second-order valence-corrected chi connectivity index (χ2v) is 10.9. The summed E-state index contributed by atoms with van der Waals surface area (Å²) in [6.07, 6.45) is 1.08. The van der Waals surface area contributed by atoms with Crippen LogP contribution in [0.2, 0.25) is 0 Å². The van der Waals surface area contributed by atoms with Gasteiger partial charge in [-0.1, -0.05) is 48.5 Å². The lowest BCUT2D eigenvalue weighted by molar-refractivity contribution is 0.0595. The maximum absolute atomic E-state index is 13.1. The maximum atomic E-state index is 13.1. The van der Waals surface area contributed by atoms with Gasteiger partial charge in [-0.3, -0.25) is 4.90 Å². The molecule has 0 saturated heterocycles. The van der Waals surface area contributed by atoms with Gasteiger partial charge >= 0.3 is 5.97 Å². The quantitative estimate of drug-likeness (QED) is 0.474. The monoisotopic (exact) mass is 486 g/mol. The van der Waals surface area contributed by atoms with E-state index in [1.807, 2.05) is 42.5 Å². The van der Waals surface area contributed by atoms with Crippen molar-refractivity contribution in [2.24, 2.45) is 0 Å². The molecule has 33 heavy (non-hydrogen) atoms. The number of aromatic hydroxyl groups is 1. The molecule has 1 aliphatic rings. The number of phenols is 1. The van der Waals surface area contributed by atoms with Crippen LogP contribution in [0.3, 0.4) is 0 Å². The first-order valence-electron chi connectivity index (χ1n) is 10.6. The molecule has 2 N–H and O–H groups in total. The molecule has 2 heterocycles. The maximum Gasteiger partial charge on any atom is 0.340 e. The Morgan fingerprint density at radius 2 is 1.88 bits per heavy atom. The Hall–Kier alpha value is -2.72. The molecule has 4 rings (SSSR count). The van der Waals surface area contributed by atoms with Crippen molar-refractivity contribution in [3.8, 4) is 5.75 Å². The Labute approximate surface area is 197 Å². The molecule has 2 aromatic carbocycles. The van der Waals surface area contributed by atoms with E-state index in [4.69, 9.17) is 4.74 Å². The number of carbonyl (C=O) groups excluding carboxylic acids is 1. The summed E-state index contributed by atoms with van der Waals surface area (Å²) in [7, 11) is -2.62. The zero-order valence-corrected chi connectivity index (χ0v) is 19.9. The molecule has 3 aromatic rings. The molecule has 0 unspecified atom stereocenters. The fourth-order valence-electron chi connectivity index (χ4n) is 3.99. The molecule has 0 bridgehead atoms. The highest BCUT2D eigenvalue weighted by Crippen LogP contribution is 2.37. The van der Waals surface area contributed by atoms with Gasteiger partial charge in [0.25, 0.3) is 10.0 Å². The van der Waals surface area contributed by atoms with Gasteiger partial charge in [0, 0.05) is 36.6 Å². The first-order valence-corrected chi connectivity index (χ1v) is 12.9. The van der Waals surface area contributed by atoms with Gasteiger partial charge in [0.1, 0.15) is 9.96 Å². The number of rotatable bonds is 8. The number of nitrogens with one attached hydrogen (secondary N) is 1. The summed E-state index contributed by atoms with van der Waals surface area (Å²) >= 11 is 1.12. The smallest absolute Gasteiger partial charge is 0.340 e. The average Bonchev–Trinajstić information content (AvgIpc) is 3.20. The van der Waals surface area contributed by atoms with E-state index in [9.17, 15) is 18.3 Å². The van der Waals surface area contributed by atoms with Crippen molar-refractivity contribution >= 4 is 27.3 Å². The first-order chi connectivity index (χ1) is 15.9. The third kappa shape index (κ3) is 5.27. The lowest BCUT2D eigenvalue weighted by atomic mass is 10.0. The number of methoxy groups -OCH3 is 1. The number of ether oxygens (including phenoxy) is 1. The van der Waals surface area contributed by atoms with Crippen molar-refractivity contribution < 1.29 is 23.1 Å². The van der Waals surface area contributed by atoms with Crippen LogP contribution in [0.5, 0.6) is 5.75 Å². The zero-order chi connectivity index (χ0) is 23.4. The largest absolute Gasteiger partial charge is 0.508 e. The lowest BCUT2D eigenvalue weighted by Gasteiger charge is -2.27. The second-order valence-electron chi connectivity index (χ2n) is 7.88. The molecule has 0 fully saturated rings. The van der Waals surface area contributed by atoms with E-state index in [2.05, 4.69) is 9.62 Å². The van der Waals surface area contributed by atoms with Crippen molar-refractivity contribution in [3.63, 3.8) is 0 Å². The Kier molecular flexibility index (Phi) is 7.14. The fraction of sp³-hybridized carbons (Fsp3) is 0.292. The third-order valence-electron chi connectivity index (χ3n) is 5.67. The van der Waals surface area contributed by atoms with Crippen molar-refractivity contribution in [1.82, 2.24) is 9.62 Å². The van der Waals surface area contributed by atoms with Gasteiger partial charge in [0.2, 0.25) is 0 Å². The number of nitrogens with zero attached hydrogens (tertiary/aromatic N) is 1. The fourth-order valence-corrected chi connectivity index (χ4v) is 6.99. The highest BCUT2D eigenvalue weighted by atomic mass is 32.2. The number of benzene rings is 2. The van der Waals surface area contributed by atoms with E-state index in [0.29, 0.717) is 32.5 Å². The number of hydrogen-bond acceptors (Lipinski definition) is 7. The van der Waals surface area contributed by atoms with Gasteiger partial charge in [-0.25, -0.2) is 17.9 Å². The van der Waals surface area contributed by atoms with E-state index in [0.717, 1.165) is 32.9 Å². The van der Waals surface area contributed by atoms with Gasteiger partial charge in [0.05, 0.1) is 12.7 Å². The van der Waals surface area contributed by atoms with Gasteiger partial charge in [0.15, 0.2) is 0 Å². The number of carbonyl (C=O) groups is 1. The van der Waals surface area contributed by atoms with Crippen molar-refractivity contribution in [1.29, 1.82) is 0 Å². The molecular weight excluding hydrogens is 460 g/mol. The summed E-state index contributed by atoms with van der Waals surface area (Å²) in [5.74, 6) is -0.402. The standard InChI is InChI=1S/C24H26N2O5S2/c1-31-23(28)22-19-12-14-26(15-18-9-5-6-10-20(18)27)16-21(19)32-24(22)33(29,30)25-13-11-17-7-3-2-4-8-17/h2-10,25,27H,11-16H2,1H3. The van der Waals surface area contributed by atoms with Crippen LogP contribution < -0.4 is 4.72 Å². The number of fused-ring (bicyclic) bond motifs is 1. The molecule has 9 heteroatoms. The first kappa shape index (κ1) is 23.4. The van der Waals surface area contributed by atoms with Gasteiger partial charge in [-0.15, -0.1) is 11.3 Å². The summed E-state index contributed by atoms with van der Waals surface area (Å²) in [6, 6.07) is 16.8. The van der Waals surface area contributed by atoms with Crippen molar-refractivity contribution in [2.75, 3.05) is 20.2 Å². The highest BCUT2D eigenvalue weighted by molar-refractivity contribution is 7.91. The molecule has 0 spiro atoms. The van der Waals surface area contributed by atoms with E-state index in [1.165, 1.54) is 7.11 Å². The predicted molar refractivity (Wildman–Crippen MR) is 127 cm³/mol. The molecule has 1 aromatic heterocycles. The summed E-state index contributed by atoms with van der Waals surface area (Å²) in [5, 5.41) is 10.1. The zero-order valence-electron chi connectivity index (χ0n) is 18.3. The van der Waals surface area contributed by atoms with E-state index < -0.39 is 16.0 Å². The minimum absolute atomic E-state index is 0.0109. The van der Waals surface area contributed by atoms with Gasteiger partial charge in [-0.05, 0) is 30.0 Å². The van der Waals surface area contributed by atoms with Crippen LogP contribution in [0.25, 0.3) is 0 Å². The molecule has 7 nitrogen and oxygen atoms in total. The second kappa shape index (κ2) is 10.0. The lowest BCUT2D eigenvalue weighted by Crippen LogP contribution is -2.30. The molecular formula is C24H26N2O5S2. The Balaban J connectivity index is 1.55. The van der Waals surface area contributed by atoms with Crippen LogP contribution in [0.15, 0.2) is 58.8 Å².